The Hall–Kier alpha value is -1.97. The van der Waals surface area contributed by atoms with Gasteiger partial charge in [-0.05, 0) is 42.8 Å². The van der Waals surface area contributed by atoms with E-state index in [-0.39, 0.29) is 4.90 Å². The van der Waals surface area contributed by atoms with Gasteiger partial charge in [-0.15, -0.1) is 0 Å². The second-order valence-corrected chi connectivity index (χ2v) is 9.85. The van der Waals surface area contributed by atoms with Gasteiger partial charge in [-0.2, -0.15) is 0 Å². The predicted molar refractivity (Wildman–Crippen MR) is 118 cm³/mol. The first kappa shape index (κ1) is 21.3. The molecule has 0 radical (unpaired) electrons. The van der Waals surface area contributed by atoms with Crippen molar-refractivity contribution in [1.29, 1.82) is 10.8 Å². The molecule has 0 aromatic heterocycles. The van der Waals surface area contributed by atoms with Crippen LogP contribution in [-0.2, 0) is 9.84 Å². The number of thioether (sulfide) groups is 2. The van der Waals surface area contributed by atoms with Crippen LogP contribution in [0.2, 0.25) is 0 Å². The maximum Gasteiger partial charge on any atom is 0.175 e. The lowest BCUT2D eigenvalue weighted by Gasteiger charge is -2.09. The predicted octanol–water partition coefficient (Wildman–Crippen LogP) is 4.34. The summed E-state index contributed by atoms with van der Waals surface area (Å²) in [7, 11) is -3.21. The van der Waals surface area contributed by atoms with E-state index in [9.17, 15) is 8.42 Å². The molecule has 0 spiro atoms. The van der Waals surface area contributed by atoms with Crippen LogP contribution in [0.5, 0.6) is 0 Å². The minimum atomic E-state index is -3.21. The van der Waals surface area contributed by atoms with Crippen LogP contribution >= 0.6 is 23.5 Å². The van der Waals surface area contributed by atoms with Gasteiger partial charge in [-0.1, -0.05) is 41.7 Å². The van der Waals surface area contributed by atoms with Gasteiger partial charge >= 0.3 is 0 Å². The van der Waals surface area contributed by atoms with Gasteiger partial charge in [0.05, 0.1) is 4.90 Å². The average Bonchev–Trinajstić information content (AvgIpc) is 2.62. The maximum atomic E-state index is 11.4. The van der Waals surface area contributed by atoms with Gasteiger partial charge in [0.2, 0.25) is 0 Å². The first-order chi connectivity index (χ1) is 12.8. The molecule has 0 unspecified atom stereocenters. The number of anilines is 2. The van der Waals surface area contributed by atoms with Crippen LogP contribution in [0.15, 0.2) is 59.5 Å². The number of benzene rings is 2. The van der Waals surface area contributed by atoms with Crippen LogP contribution in [0, 0.1) is 10.8 Å². The van der Waals surface area contributed by atoms with Gasteiger partial charge in [0.15, 0.2) is 20.2 Å². The summed E-state index contributed by atoms with van der Waals surface area (Å²) < 4.78 is 22.9. The molecular weight excluding hydrogens is 400 g/mol. The first-order valence-electron chi connectivity index (χ1n) is 8.16. The number of hydrogen-bond donors (Lipinski definition) is 4. The highest BCUT2D eigenvalue weighted by Gasteiger charge is 2.07. The molecule has 144 valence electrons. The third-order valence-corrected chi connectivity index (χ3v) is 6.25. The molecule has 2 rings (SSSR count). The third kappa shape index (κ3) is 8.06. The Labute approximate surface area is 168 Å². The highest BCUT2D eigenvalue weighted by Crippen LogP contribution is 2.17. The molecule has 0 heterocycles. The Morgan fingerprint density at radius 1 is 0.852 bits per heavy atom. The summed E-state index contributed by atoms with van der Waals surface area (Å²) >= 11 is 2.83. The molecule has 0 bridgehead atoms. The second-order valence-electron chi connectivity index (χ2n) is 5.62. The number of amidine groups is 2. The monoisotopic (exact) mass is 422 g/mol. The Kier molecular flexibility index (Phi) is 8.21. The van der Waals surface area contributed by atoms with Gasteiger partial charge in [-0.3, -0.25) is 10.8 Å². The lowest BCUT2D eigenvalue weighted by Crippen LogP contribution is -2.08. The van der Waals surface area contributed by atoms with E-state index in [2.05, 4.69) is 10.6 Å². The molecule has 4 N–H and O–H groups in total. The number of para-hydroxylation sites is 1. The Bertz CT molecular complexity index is 869. The SMILES string of the molecule is CS(=O)(=O)c1ccc(NC(=N)SCCCSC(=N)Nc2ccccc2)cc1. The van der Waals surface area contributed by atoms with E-state index in [0.717, 1.165) is 23.6 Å². The summed E-state index contributed by atoms with van der Waals surface area (Å²) in [5, 5.41) is 22.5. The van der Waals surface area contributed by atoms with E-state index >= 15 is 0 Å². The number of rotatable bonds is 7. The number of sulfone groups is 1. The maximum absolute atomic E-state index is 11.4. The van der Waals surface area contributed by atoms with E-state index in [1.165, 1.54) is 41.9 Å². The first-order valence-corrected chi connectivity index (χ1v) is 12.0. The van der Waals surface area contributed by atoms with Crippen molar-refractivity contribution in [3.8, 4) is 0 Å². The van der Waals surface area contributed by atoms with Crippen molar-refractivity contribution in [3.05, 3.63) is 54.6 Å². The highest BCUT2D eigenvalue weighted by molar-refractivity contribution is 8.14. The fraction of sp³-hybridized carbons (Fsp3) is 0.222. The summed E-state index contributed by atoms with van der Waals surface area (Å²) in [6, 6.07) is 16.0. The molecule has 27 heavy (non-hydrogen) atoms. The number of nitrogens with one attached hydrogen (secondary N) is 4. The molecule has 0 saturated carbocycles. The Morgan fingerprint density at radius 2 is 1.33 bits per heavy atom. The molecule has 0 aliphatic carbocycles. The normalized spacial score (nSPS) is 11.0. The molecule has 2 aromatic carbocycles. The summed E-state index contributed by atoms with van der Waals surface area (Å²) in [4.78, 5) is 0.260. The quantitative estimate of drug-likeness (QED) is 0.300. The third-order valence-electron chi connectivity index (χ3n) is 3.35. The van der Waals surface area contributed by atoms with Crippen molar-refractivity contribution in [3.63, 3.8) is 0 Å². The Morgan fingerprint density at radius 3 is 1.81 bits per heavy atom. The van der Waals surface area contributed by atoms with Crippen LogP contribution in [0.3, 0.4) is 0 Å². The van der Waals surface area contributed by atoms with Crippen molar-refractivity contribution in [2.75, 3.05) is 28.4 Å². The van der Waals surface area contributed by atoms with E-state index in [4.69, 9.17) is 10.8 Å². The fourth-order valence-electron chi connectivity index (χ4n) is 2.05. The number of hydrogen-bond acceptors (Lipinski definition) is 6. The van der Waals surface area contributed by atoms with Gasteiger partial charge in [-0.25, -0.2) is 8.42 Å². The highest BCUT2D eigenvalue weighted by atomic mass is 32.2. The summed E-state index contributed by atoms with van der Waals surface area (Å²) in [6.07, 6.45) is 2.03. The van der Waals surface area contributed by atoms with Crippen LogP contribution in [0.4, 0.5) is 11.4 Å². The standard InChI is InChI=1S/C18H22N4O2S3/c1-27(23,24)16-10-8-15(9-11-16)22-18(20)26-13-5-12-25-17(19)21-14-6-3-2-4-7-14/h2-4,6-11H,5,12-13H2,1H3,(H2,19,21)(H2,20,22). The lowest BCUT2D eigenvalue weighted by molar-refractivity contribution is 0.602. The summed E-state index contributed by atoms with van der Waals surface area (Å²) in [5.41, 5.74) is 1.58. The van der Waals surface area contributed by atoms with Gasteiger partial charge in [0.1, 0.15) is 0 Å². The van der Waals surface area contributed by atoms with Gasteiger partial charge < -0.3 is 10.6 Å². The van der Waals surface area contributed by atoms with E-state index in [0.29, 0.717) is 16.0 Å². The van der Waals surface area contributed by atoms with E-state index in [1.807, 2.05) is 30.3 Å². The van der Waals surface area contributed by atoms with Crippen molar-refractivity contribution < 1.29 is 8.42 Å². The summed E-state index contributed by atoms with van der Waals surface area (Å²) in [5.74, 6) is 1.56. The molecular formula is C18H22N4O2S3. The molecule has 2 aromatic rings. The minimum Gasteiger partial charge on any atom is -0.335 e. The topological polar surface area (TPSA) is 106 Å². The fourth-order valence-corrected chi connectivity index (χ4v) is 4.23. The van der Waals surface area contributed by atoms with Crippen LogP contribution < -0.4 is 10.6 Å². The van der Waals surface area contributed by atoms with Crippen molar-refractivity contribution >= 4 is 55.1 Å². The van der Waals surface area contributed by atoms with Gasteiger partial charge in [0.25, 0.3) is 0 Å². The zero-order chi connectivity index (χ0) is 19.7. The lowest BCUT2D eigenvalue weighted by atomic mass is 10.3. The molecule has 0 atom stereocenters. The average molecular weight is 423 g/mol. The van der Waals surface area contributed by atoms with Crippen molar-refractivity contribution in [2.24, 2.45) is 0 Å². The van der Waals surface area contributed by atoms with E-state index in [1.54, 1.807) is 12.1 Å². The van der Waals surface area contributed by atoms with Crippen molar-refractivity contribution in [1.82, 2.24) is 0 Å². The van der Waals surface area contributed by atoms with Crippen LogP contribution in [0.1, 0.15) is 6.42 Å². The smallest absolute Gasteiger partial charge is 0.175 e. The second kappa shape index (κ2) is 10.4. The van der Waals surface area contributed by atoms with Gasteiger partial charge in [0, 0.05) is 29.1 Å². The summed E-state index contributed by atoms with van der Waals surface area (Å²) in [6.45, 7) is 0. The van der Waals surface area contributed by atoms with Crippen LogP contribution in [0.25, 0.3) is 0 Å². The molecule has 0 amide bonds. The molecule has 9 heteroatoms. The minimum absolute atomic E-state index is 0.260. The zero-order valence-corrected chi connectivity index (χ0v) is 17.3. The zero-order valence-electron chi connectivity index (χ0n) is 14.9. The molecule has 0 aliphatic heterocycles. The van der Waals surface area contributed by atoms with Crippen LogP contribution in [-0.4, -0.2) is 36.5 Å². The largest absolute Gasteiger partial charge is 0.335 e. The van der Waals surface area contributed by atoms with Crippen molar-refractivity contribution in [2.45, 2.75) is 11.3 Å². The molecule has 0 aliphatic rings. The van der Waals surface area contributed by atoms with E-state index < -0.39 is 9.84 Å². The molecule has 6 nitrogen and oxygen atoms in total. The molecule has 0 saturated heterocycles. The Balaban J connectivity index is 1.62. The molecule has 0 fully saturated rings.